The normalized spacial score (nSPS) is 10.8. The molecule has 3 rings (SSSR count). The van der Waals surface area contributed by atoms with Crippen LogP contribution in [0.3, 0.4) is 0 Å². The van der Waals surface area contributed by atoms with E-state index >= 15 is 0 Å². The fraction of sp³-hybridized carbons (Fsp3) is 0.167. The Labute approximate surface area is 200 Å². The Morgan fingerprint density at radius 2 is 1.84 bits per heavy atom. The van der Waals surface area contributed by atoms with Crippen molar-refractivity contribution in [3.05, 3.63) is 86.3 Å². The minimum Gasteiger partial charge on any atom is -0.496 e. The maximum atomic E-state index is 12.4. The fourth-order valence-electron chi connectivity index (χ4n) is 2.93. The summed E-state index contributed by atoms with van der Waals surface area (Å²) in [6, 6.07) is 16.4. The van der Waals surface area contributed by atoms with Crippen LogP contribution in [0, 0.1) is 6.92 Å². The topological polar surface area (TPSA) is 69.2 Å². The van der Waals surface area contributed by atoms with Gasteiger partial charge >= 0.3 is 0 Å². The minimum atomic E-state index is -0.371. The number of rotatable bonds is 8. The molecule has 166 valence electrons. The van der Waals surface area contributed by atoms with Crippen molar-refractivity contribution in [2.45, 2.75) is 13.5 Å². The summed E-state index contributed by atoms with van der Waals surface area (Å²) in [5.41, 5.74) is 5.48. The van der Waals surface area contributed by atoms with Gasteiger partial charge in [0.25, 0.3) is 5.91 Å². The highest BCUT2D eigenvalue weighted by atomic mass is 79.9. The largest absolute Gasteiger partial charge is 0.496 e. The molecule has 0 saturated carbocycles. The van der Waals surface area contributed by atoms with Gasteiger partial charge in [-0.2, -0.15) is 5.10 Å². The first-order valence-corrected chi connectivity index (χ1v) is 10.8. The first-order valence-electron chi connectivity index (χ1n) is 9.64. The van der Waals surface area contributed by atoms with E-state index in [4.69, 9.17) is 25.8 Å². The van der Waals surface area contributed by atoms with Gasteiger partial charge in [-0.15, -0.1) is 0 Å². The second-order valence-electron chi connectivity index (χ2n) is 6.82. The van der Waals surface area contributed by atoms with Gasteiger partial charge in [0.05, 0.1) is 30.5 Å². The van der Waals surface area contributed by atoms with Crippen molar-refractivity contribution in [2.24, 2.45) is 5.10 Å². The van der Waals surface area contributed by atoms with Crippen molar-refractivity contribution in [3.8, 4) is 17.2 Å². The third-order valence-corrected chi connectivity index (χ3v) is 5.52. The molecular weight excluding hydrogens is 496 g/mol. The fourth-order valence-corrected chi connectivity index (χ4v) is 3.70. The lowest BCUT2D eigenvalue weighted by atomic mass is 10.1. The number of carbonyl (C=O) groups excluding carboxylic acids is 1. The molecule has 0 aliphatic heterocycles. The van der Waals surface area contributed by atoms with Crippen LogP contribution in [-0.2, 0) is 6.61 Å². The summed E-state index contributed by atoms with van der Waals surface area (Å²) in [5, 5.41) is 4.68. The van der Waals surface area contributed by atoms with Crippen LogP contribution in [0.5, 0.6) is 17.2 Å². The predicted octanol–water partition coefficient (Wildman–Crippen LogP) is 5.77. The number of benzene rings is 3. The highest BCUT2D eigenvalue weighted by Crippen LogP contribution is 2.37. The third-order valence-electron chi connectivity index (χ3n) is 4.56. The number of methoxy groups -OCH3 is 2. The quantitative estimate of drug-likeness (QED) is 0.304. The SMILES string of the molecule is COc1cc(C)ccc1C(=O)N/N=C\c1cc(Br)c(OCc2ccccc2Cl)c(OC)c1. The van der Waals surface area contributed by atoms with E-state index in [9.17, 15) is 4.79 Å². The molecule has 1 amide bonds. The lowest BCUT2D eigenvalue weighted by molar-refractivity contribution is 0.0952. The van der Waals surface area contributed by atoms with Gasteiger partial charge in [-0.25, -0.2) is 5.43 Å². The summed E-state index contributed by atoms with van der Waals surface area (Å²) >= 11 is 9.71. The van der Waals surface area contributed by atoms with E-state index in [2.05, 4.69) is 26.5 Å². The van der Waals surface area contributed by atoms with E-state index in [0.717, 1.165) is 11.1 Å². The highest BCUT2D eigenvalue weighted by Gasteiger charge is 2.13. The van der Waals surface area contributed by atoms with Crippen molar-refractivity contribution in [1.29, 1.82) is 0 Å². The molecule has 0 radical (unpaired) electrons. The van der Waals surface area contributed by atoms with Crippen LogP contribution in [-0.4, -0.2) is 26.3 Å². The molecule has 0 unspecified atom stereocenters. The number of nitrogens with one attached hydrogen (secondary N) is 1. The van der Waals surface area contributed by atoms with Gasteiger partial charge < -0.3 is 14.2 Å². The molecule has 0 bridgehead atoms. The summed E-state index contributed by atoms with van der Waals surface area (Å²) in [4.78, 5) is 12.4. The number of halogens is 2. The van der Waals surface area contributed by atoms with Gasteiger partial charge in [0.2, 0.25) is 0 Å². The molecule has 32 heavy (non-hydrogen) atoms. The third kappa shape index (κ3) is 5.81. The molecular formula is C24H22BrClN2O4. The van der Waals surface area contributed by atoms with Crippen molar-refractivity contribution in [2.75, 3.05) is 14.2 Å². The van der Waals surface area contributed by atoms with E-state index in [1.165, 1.54) is 13.3 Å². The standard InChI is InChI=1S/C24H22BrClN2O4/c1-15-8-9-18(21(10-15)30-2)24(29)28-27-13-16-11-19(25)23(22(12-16)31-3)32-14-17-6-4-5-7-20(17)26/h4-13H,14H2,1-3H3,(H,28,29)/b27-13-. The highest BCUT2D eigenvalue weighted by molar-refractivity contribution is 9.10. The number of aryl methyl sites for hydroxylation is 1. The summed E-state index contributed by atoms with van der Waals surface area (Å²) < 4.78 is 17.4. The zero-order valence-corrected chi connectivity index (χ0v) is 20.2. The van der Waals surface area contributed by atoms with Crippen LogP contribution in [0.1, 0.15) is 27.0 Å². The number of nitrogens with zero attached hydrogens (tertiary/aromatic N) is 1. The maximum absolute atomic E-state index is 12.4. The summed E-state index contributed by atoms with van der Waals surface area (Å²) in [6.07, 6.45) is 1.52. The van der Waals surface area contributed by atoms with Crippen LogP contribution in [0.15, 0.2) is 64.2 Å². The van der Waals surface area contributed by atoms with Crippen LogP contribution in [0.4, 0.5) is 0 Å². The number of hydrogen-bond donors (Lipinski definition) is 1. The van der Waals surface area contributed by atoms with E-state index < -0.39 is 0 Å². The van der Waals surface area contributed by atoms with Gasteiger partial charge in [-0.1, -0.05) is 35.9 Å². The summed E-state index contributed by atoms with van der Waals surface area (Å²) in [6.45, 7) is 2.21. The Kier molecular flexibility index (Phi) is 8.14. The lowest BCUT2D eigenvalue weighted by Crippen LogP contribution is -2.18. The molecule has 8 heteroatoms. The molecule has 3 aromatic carbocycles. The first kappa shape index (κ1) is 23.6. The number of hydrogen-bond acceptors (Lipinski definition) is 5. The number of carbonyl (C=O) groups is 1. The second kappa shape index (κ2) is 11.0. The summed E-state index contributed by atoms with van der Waals surface area (Å²) in [7, 11) is 3.07. The van der Waals surface area contributed by atoms with Gasteiger partial charge in [0.15, 0.2) is 11.5 Å². The van der Waals surface area contributed by atoms with E-state index in [1.54, 1.807) is 25.3 Å². The smallest absolute Gasteiger partial charge is 0.275 e. The summed E-state index contributed by atoms with van der Waals surface area (Å²) in [5.74, 6) is 1.17. The van der Waals surface area contributed by atoms with Gasteiger partial charge in [-0.05, 0) is 64.3 Å². The van der Waals surface area contributed by atoms with Gasteiger partial charge in [0, 0.05) is 10.6 Å². The molecule has 1 N–H and O–H groups in total. The first-order chi connectivity index (χ1) is 15.4. The average Bonchev–Trinajstić information content (AvgIpc) is 2.78. The minimum absolute atomic E-state index is 0.288. The Hall–Kier alpha value is -3.03. The average molecular weight is 518 g/mol. The lowest BCUT2D eigenvalue weighted by Gasteiger charge is -2.14. The zero-order chi connectivity index (χ0) is 23.1. The monoisotopic (exact) mass is 516 g/mol. The predicted molar refractivity (Wildman–Crippen MR) is 129 cm³/mol. The van der Waals surface area contributed by atoms with Gasteiger partial charge in [0.1, 0.15) is 12.4 Å². The van der Waals surface area contributed by atoms with E-state index in [-0.39, 0.29) is 12.5 Å². The number of hydrazone groups is 1. The second-order valence-corrected chi connectivity index (χ2v) is 8.08. The van der Waals surface area contributed by atoms with Crippen molar-refractivity contribution in [3.63, 3.8) is 0 Å². The number of ether oxygens (including phenoxy) is 3. The molecule has 6 nitrogen and oxygen atoms in total. The van der Waals surface area contributed by atoms with Crippen molar-refractivity contribution >= 4 is 39.7 Å². The van der Waals surface area contributed by atoms with Crippen LogP contribution in [0.2, 0.25) is 5.02 Å². The van der Waals surface area contributed by atoms with Crippen molar-refractivity contribution < 1.29 is 19.0 Å². The van der Waals surface area contributed by atoms with Crippen LogP contribution < -0.4 is 19.6 Å². The Balaban J connectivity index is 1.72. The zero-order valence-electron chi connectivity index (χ0n) is 17.8. The molecule has 0 atom stereocenters. The molecule has 0 spiro atoms. The van der Waals surface area contributed by atoms with Gasteiger partial charge in [-0.3, -0.25) is 4.79 Å². The van der Waals surface area contributed by atoms with Crippen LogP contribution >= 0.6 is 27.5 Å². The van der Waals surface area contributed by atoms with Crippen LogP contribution in [0.25, 0.3) is 0 Å². The maximum Gasteiger partial charge on any atom is 0.275 e. The van der Waals surface area contributed by atoms with E-state index in [0.29, 0.717) is 37.9 Å². The molecule has 0 aliphatic rings. The Morgan fingerprint density at radius 1 is 1.09 bits per heavy atom. The molecule has 0 heterocycles. The molecule has 3 aromatic rings. The Bertz CT molecular complexity index is 1150. The Morgan fingerprint density at radius 3 is 2.56 bits per heavy atom. The molecule has 0 aromatic heterocycles. The molecule has 0 saturated heterocycles. The molecule has 0 aliphatic carbocycles. The number of amides is 1. The van der Waals surface area contributed by atoms with E-state index in [1.807, 2.05) is 43.3 Å². The van der Waals surface area contributed by atoms with Crippen molar-refractivity contribution in [1.82, 2.24) is 5.43 Å². The molecule has 0 fully saturated rings.